The molecule has 0 unspecified atom stereocenters. The molecule has 2 rings (SSSR count). The van der Waals surface area contributed by atoms with Gasteiger partial charge in [-0.15, -0.1) is 0 Å². The molecule has 9 heteroatoms. The lowest BCUT2D eigenvalue weighted by atomic mass is 10.1. The third-order valence-corrected chi connectivity index (χ3v) is 6.10. The van der Waals surface area contributed by atoms with E-state index in [0.717, 1.165) is 16.0 Å². The molecular weight excluding hydrogens is 480 g/mol. The van der Waals surface area contributed by atoms with Gasteiger partial charge in [-0.25, -0.2) is 28.4 Å². The third kappa shape index (κ3) is 10.1. The standard InChI is InChI=1S/C27H36N2O6S/c1-26(2,3)34-24(30)28-29(25(31)35-27(4,5)6)22(18-17-21-13-9-7-10-14-21)19-20-36(32,33)23-15-11-8-12-16-23/h7-16,19-20,22H,17-18H2,1-6H3,(H,28,30)/b20-19+/t22-/m1/s1. The molecule has 0 bridgehead atoms. The normalized spacial score (nSPS) is 13.2. The molecule has 0 spiro atoms. The highest BCUT2D eigenvalue weighted by molar-refractivity contribution is 7.94. The van der Waals surface area contributed by atoms with Crippen LogP contribution in [0.25, 0.3) is 0 Å². The molecule has 1 N–H and O–H groups in total. The lowest BCUT2D eigenvalue weighted by Gasteiger charge is -2.33. The fourth-order valence-electron chi connectivity index (χ4n) is 3.13. The van der Waals surface area contributed by atoms with E-state index >= 15 is 0 Å². The number of carbonyl (C=O) groups is 2. The SMILES string of the molecule is CC(C)(C)OC(=O)NN(C(=O)OC(C)(C)C)[C@@H](/C=C/S(=O)(=O)c1ccccc1)CCc1ccccc1. The molecular formula is C27H36N2O6S. The molecule has 2 aromatic rings. The molecule has 36 heavy (non-hydrogen) atoms. The number of hydrogen-bond donors (Lipinski definition) is 1. The van der Waals surface area contributed by atoms with Crippen molar-refractivity contribution in [3.63, 3.8) is 0 Å². The van der Waals surface area contributed by atoms with Gasteiger partial charge in [0.25, 0.3) is 0 Å². The van der Waals surface area contributed by atoms with Crippen LogP contribution in [0.2, 0.25) is 0 Å². The van der Waals surface area contributed by atoms with Crippen molar-refractivity contribution in [3.8, 4) is 0 Å². The predicted molar refractivity (Wildman–Crippen MR) is 139 cm³/mol. The summed E-state index contributed by atoms with van der Waals surface area (Å²) in [7, 11) is -3.79. The molecule has 0 aliphatic carbocycles. The number of amides is 2. The number of aryl methyl sites for hydroxylation is 1. The van der Waals surface area contributed by atoms with Crippen molar-refractivity contribution in [2.45, 2.75) is 76.5 Å². The van der Waals surface area contributed by atoms with E-state index in [4.69, 9.17) is 9.47 Å². The highest BCUT2D eigenvalue weighted by Gasteiger charge is 2.31. The molecule has 8 nitrogen and oxygen atoms in total. The first-order valence-corrected chi connectivity index (χ1v) is 13.2. The maximum absolute atomic E-state index is 13.2. The average Bonchev–Trinajstić information content (AvgIpc) is 2.77. The zero-order valence-corrected chi connectivity index (χ0v) is 22.5. The number of rotatable bonds is 7. The number of sulfone groups is 1. The van der Waals surface area contributed by atoms with Crippen LogP contribution in [0.3, 0.4) is 0 Å². The predicted octanol–water partition coefficient (Wildman–Crippen LogP) is 5.65. The monoisotopic (exact) mass is 516 g/mol. The van der Waals surface area contributed by atoms with E-state index in [9.17, 15) is 18.0 Å². The van der Waals surface area contributed by atoms with Crippen LogP contribution in [0.5, 0.6) is 0 Å². The van der Waals surface area contributed by atoms with Crippen LogP contribution in [0.15, 0.2) is 77.0 Å². The second kappa shape index (κ2) is 12.1. The number of hydrazine groups is 1. The molecule has 0 heterocycles. The van der Waals surface area contributed by atoms with E-state index in [1.807, 2.05) is 30.3 Å². The number of hydrogen-bond acceptors (Lipinski definition) is 6. The topological polar surface area (TPSA) is 102 Å². The zero-order valence-electron chi connectivity index (χ0n) is 21.7. The van der Waals surface area contributed by atoms with Crippen molar-refractivity contribution in [1.82, 2.24) is 10.4 Å². The average molecular weight is 517 g/mol. The highest BCUT2D eigenvalue weighted by Crippen LogP contribution is 2.18. The van der Waals surface area contributed by atoms with Crippen LogP contribution >= 0.6 is 0 Å². The van der Waals surface area contributed by atoms with Gasteiger partial charge in [0.15, 0.2) is 9.84 Å². The second-order valence-corrected chi connectivity index (χ2v) is 12.1. The number of carbonyl (C=O) groups excluding carboxylic acids is 2. The minimum absolute atomic E-state index is 0.118. The van der Waals surface area contributed by atoms with Crippen LogP contribution in [0.1, 0.15) is 53.5 Å². The van der Waals surface area contributed by atoms with E-state index in [-0.39, 0.29) is 4.90 Å². The third-order valence-electron chi connectivity index (χ3n) is 4.66. The summed E-state index contributed by atoms with van der Waals surface area (Å²) in [5.74, 6) is 0. The van der Waals surface area contributed by atoms with Gasteiger partial charge in [0.2, 0.25) is 0 Å². The van der Waals surface area contributed by atoms with Gasteiger partial charge in [-0.1, -0.05) is 48.5 Å². The Morgan fingerprint density at radius 1 is 0.889 bits per heavy atom. The van der Waals surface area contributed by atoms with Crippen LogP contribution in [-0.2, 0) is 25.7 Å². The van der Waals surface area contributed by atoms with Gasteiger partial charge in [-0.05, 0) is 78.2 Å². The van der Waals surface area contributed by atoms with E-state index in [1.165, 1.54) is 18.2 Å². The molecule has 2 amide bonds. The Balaban J connectivity index is 2.43. The Bertz CT molecular complexity index is 1130. The van der Waals surface area contributed by atoms with Gasteiger partial charge < -0.3 is 9.47 Å². The zero-order chi connectivity index (χ0) is 27.0. The van der Waals surface area contributed by atoms with Gasteiger partial charge in [0.1, 0.15) is 11.2 Å². The van der Waals surface area contributed by atoms with E-state index < -0.39 is 39.3 Å². The molecule has 0 aliphatic heterocycles. The molecule has 2 aromatic carbocycles. The molecule has 0 saturated carbocycles. The maximum atomic E-state index is 13.2. The molecule has 0 radical (unpaired) electrons. The summed E-state index contributed by atoms with van der Waals surface area (Å²) in [6.07, 6.45) is 0.494. The number of nitrogens with one attached hydrogen (secondary N) is 1. The summed E-state index contributed by atoms with van der Waals surface area (Å²) in [6.45, 7) is 10.2. The van der Waals surface area contributed by atoms with Gasteiger partial charge in [0.05, 0.1) is 10.9 Å². The van der Waals surface area contributed by atoms with Crippen molar-refractivity contribution in [2.75, 3.05) is 0 Å². The first-order chi connectivity index (χ1) is 16.7. The van der Waals surface area contributed by atoms with Gasteiger partial charge in [0, 0.05) is 5.41 Å². The van der Waals surface area contributed by atoms with E-state index in [2.05, 4.69) is 5.43 Å². The Kier molecular flexibility index (Phi) is 9.69. The van der Waals surface area contributed by atoms with Crippen molar-refractivity contribution in [3.05, 3.63) is 77.7 Å². The van der Waals surface area contributed by atoms with Crippen molar-refractivity contribution < 1.29 is 27.5 Å². The minimum Gasteiger partial charge on any atom is -0.443 e. The van der Waals surface area contributed by atoms with Crippen LogP contribution in [0.4, 0.5) is 9.59 Å². The second-order valence-electron chi connectivity index (χ2n) is 10.2. The minimum atomic E-state index is -3.79. The van der Waals surface area contributed by atoms with Gasteiger partial charge >= 0.3 is 12.2 Å². The first kappa shape index (κ1) is 28.9. The number of nitrogens with zero attached hydrogens (tertiary/aromatic N) is 1. The Morgan fingerprint density at radius 3 is 1.94 bits per heavy atom. The van der Waals surface area contributed by atoms with E-state index in [0.29, 0.717) is 12.8 Å². The first-order valence-electron chi connectivity index (χ1n) is 11.7. The molecule has 0 aromatic heterocycles. The molecule has 1 atom stereocenters. The summed E-state index contributed by atoms with van der Waals surface area (Å²) in [4.78, 5) is 25.9. The van der Waals surface area contributed by atoms with Crippen molar-refractivity contribution in [2.24, 2.45) is 0 Å². The van der Waals surface area contributed by atoms with Crippen LogP contribution in [-0.4, -0.2) is 42.9 Å². The molecule has 196 valence electrons. The molecule has 0 fully saturated rings. The number of benzene rings is 2. The quantitative estimate of drug-likeness (QED) is 0.477. The Labute approximate surface area is 214 Å². The van der Waals surface area contributed by atoms with Crippen molar-refractivity contribution in [1.29, 1.82) is 0 Å². The maximum Gasteiger partial charge on any atom is 0.429 e. The lowest BCUT2D eigenvalue weighted by molar-refractivity contribution is -0.00559. The Morgan fingerprint density at radius 2 is 1.42 bits per heavy atom. The smallest absolute Gasteiger partial charge is 0.429 e. The largest absolute Gasteiger partial charge is 0.443 e. The molecule has 0 aliphatic rings. The van der Waals surface area contributed by atoms with Crippen molar-refractivity contribution >= 4 is 22.0 Å². The van der Waals surface area contributed by atoms with E-state index in [1.54, 1.807) is 59.7 Å². The lowest BCUT2D eigenvalue weighted by Crippen LogP contribution is -2.54. The van der Waals surface area contributed by atoms with Crippen LogP contribution in [0, 0.1) is 0 Å². The number of ether oxygens (including phenoxy) is 2. The Hall–Kier alpha value is -3.33. The fraction of sp³-hybridized carbons (Fsp3) is 0.407. The highest BCUT2D eigenvalue weighted by atomic mass is 32.2. The fourth-order valence-corrected chi connectivity index (χ4v) is 4.21. The van der Waals surface area contributed by atoms with Gasteiger partial charge in [-0.2, -0.15) is 0 Å². The van der Waals surface area contributed by atoms with Crippen LogP contribution < -0.4 is 5.43 Å². The summed E-state index contributed by atoms with van der Waals surface area (Å²) < 4.78 is 36.7. The van der Waals surface area contributed by atoms with Gasteiger partial charge in [-0.3, -0.25) is 0 Å². The summed E-state index contributed by atoms with van der Waals surface area (Å²) in [5.41, 5.74) is 1.79. The summed E-state index contributed by atoms with van der Waals surface area (Å²) in [5, 5.41) is 2.03. The molecule has 0 saturated heterocycles. The summed E-state index contributed by atoms with van der Waals surface area (Å²) in [6, 6.07) is 16.6. The summed E-state index contributed by atoms with van der Waals surface area (Å²) >= 11 is 0.